The van der Waals surface area contributed by atoms with Crippen molar-refractivity contribution in [3.05, 3.63) is 64.2 Å². The monoisotopic (exact) mass is 399 g/mol. The molecule has 1 N–H and O–H groups in total. The molecule has 5 nitrogen and oxygen atoms in total. The van der Waals surface area contributed by atoms with Gasteiger partial charge < -0.3 is 10.2 Å². The number of allylic oxidation sites excluding steroid dienone is 2. The van der Waals surface area contributed by atoms with Gasteiger partial charge in [-0.1, -0.05) is 17.7 Å². The van der Waals surface area contributed by atoms with Crippen molar-refractivity contribution in [3.8, 4) is 0 Å². The predicted molar refractivity (Wildman–Crippen MR) is 108 cm³/mol. The number of fused-ring (bicyclic) bond motifs is 1. The van der Waals surface area contributed by atoms with Crippen LogP contribution in [0.4, 0.5) is 4.39 Å². The van der Waals surface area contributed by atoms with Crippen molar-refractivity contribution in [3.63, 3.8) is 0 Å². The van der Waals surface area contributed by atoms with Gasteiger partial charge in [-0.15, -0.1) is 0 Å². The van der Waals surface area contributed by atoms with Gasteiger partial charge in [-0.2, -0.15) is 9.49 Å². The number of hydrogen-bond acceptors (Lipinski definition) is 5. The van der Waals surface area contributed by atoms with E-state index in [0.29, 0.717) is 6.04 Å². The summed E-state index contributed by atoms with van der Waals surface area (Å²) in [6.45, 7) is 0.838. The summed E-state index contributed by atoms with van der Waals surface area (Å²) in [6, 6.07) is 4.03. The summed E-state index contributed by atoms with van der Waals surface area (Å²) in [5, 5.41) is 11.2. The molecule has 7 heteroatoms. The first kappa shape index (κ1) is 17.7. The van der Waals surface area contributed by atoms with Crippen molar-refractivity contribution in [1.82, 2.24) is 20.2 Å². The quantitative estimate of drug-likeness (QED) is 0.749. The Hall–Kier alpha value is -2.34. The van der Waals surface area contributed by atoms with E-state index in [0.717, 1.165) is 67.2 Å². The fraction of sp³-hybridized carbons (Fsp3) is 0.429. The van der Waals surface area contributed by atoms with E-state index < -0.39 is 0 Å². The van der Waals surface area contributed by atoms with Gasteiger partial charge in [0, 0.05) is 35.2 Å². The van der Waals surface area contributed by atoms with Gasteiger partial charge in [0.1, 0.15) is 12.2 Å². The Morgan fingerprint density at radius 2 is 2.04 bits per heavy atom. The molecule has 28 heavy (non-hydrogen) atoms. The molecule has 3 heterocycles. The third-order valence-corrected chi connectivity index (χ3v) is 6.48. The molecule has 0 atom stereocenters. The summed E-state index contributed by atoms with van der Waals surface area (Å²) in [4.78, 5) is 6.02. The third-order valence-electron chi connectivity index (χ3n) is 6.18. The Kier molecular flexibility index (Phi) is 4.59. The molecule has 0 saturated heterocycles. The van der Waals surface area contributed by atoms with E-state index in [1.165, 1.54) is 11.8 Å². The maximum absolute atomic E-state index is 14.0. The minimum atomic E-state index is -0.324. The highest BCUT2D eigenvalue weighted by Gasteiger charge is 2.34. The molecule has 1 fully saturated rings. The second kappa shape index (κ2) is 7.24. The Morgan fingerprint density at radius 1 is 1.18 bits per heavy atom. The molecule has 2 aliphatic heterocycles. The summed E-state index contributed by atoms with van der Waals surface area (Å²) in [7, 11) is 0. The lowest BCUT2D eigenvalue weighted by Crippen LogP contribution is -2.35. The minimum Gasteiger partial charge on any atom is -0.358 e. The van der Waals surface area contributed by atoms with Crippen molar-refractivity contribution in [2.75, 3.05) is 6.54 Å². The Bertz CT molecular complexity index is 898. The van der Waals surface area contributed by atoms with E-state index in [4.69, 9.17) is 11.6 Å². The number of nitrogens with one attached hydrogen (secondary N) is 1. The third kappa shape index (κ3) is 3.20. The molecule has 0 aromatic carbocycles. The second-order valence-corrected chi connectivity index (χ2v) is 8.33. The van der Waals surface area contributed by atoms with Gasteiger partial charge in [-0.25, -0.2) is 9.99 Å². The van der Waals surface area contributed by atoms with Crippen molar-refractivity contribution in [2.24, 2.45) is 5.10 Å². The first-order chi connectivity index (χ1) is 13.7. The fourth-order valence-corrected chi connectivity index (χ4v) is 4.85. The molecule has 5 rings (SSSR count). The van der Waals surface area contributed by atoms with E-state index in [1.807, 2.05) is 30.7 Å². The average Bonchev–Trinajstić information content (AvgIpc) is 3.02. The Balaban J connectivity index is 1.28. The maximum atomic E-state index is 14.0. The summed E-state index contributed by atoms with van der Waals surface area (Å²) in [5.74, 6) is 1.00. The smallest absolute Gasteiger partial charge is 0.216 e. The summed E-state index contributed by atoms with van der Waals surface area (Å²) < 4.78 is 14.0. The van der Waals surface area contributed by atoms with Crippen molar-refractivity contribution >= 4 is 17.9 Å². The number of hydrazone groups is 1. The minimum absolute atomic E-state index is 0.245. The van der Waals surface area contributed by atoms with E-state index in [1.54, 1.807) is 0 Å². The average molecular weight is 400 g/mol. The lowest BCUT2D eigenvalue weighted by molar-refractivity contribution is 0.182. The predicted octanol–water partition coefficient (Wildman–Crippen LogP) is 4.38. The highest BCUT2D eigenvalue weighted by Crippen LogP contribution is 2.38. The van der Waals surface area contributed by atoms with Crippen LogP contribution in [0.2, 0.25) is 0 Å². The van der Waals surface area contributed by atoms with Crippen LogP contribution >= 0.6 is 11.6 Å². The topological polar surface area (TPSA) is 43.8 Å². The van der Waals surface area contributed by atoms with Gasteiger partial charge in [0.15, 0.2) is 0 Å². The Labute approximate surface area is 169 Å². The number of nitrogens with zero attached hydrogens (tertiary/aromatic N) is 4. The maximum Gasteiger partial charge on any atom is 0.216 e. The van der Waals surface area contributed by atoms with Crippen LogP contribution in [0.25, 0.3) is 0 Å². The lowest BCUT2D eigenvalue weighted by atomic mass is 9.82. The molecule has 0 radical (unpaired) electrons. The molecule has 1 saturated carbocycles. The van der Waals surface area contributed by atoms with Crippen molar-refractivity contribution in [1.29, 1.82) is 0 Å². The zero-order valence-corrected chi connectivity index (χ0v) is 16.4. The first-order valence-corrected chi connectivity index (χ1v) is 10.3. The molecule has 0 spiro atoms. The second-order valence-electron chi connectivity index (χ2n) is 7.85. The van der Waals surface area contributed by atoms with Crippen LogP contribution in [0.15, 0.2) is 57.8 Å². The number of aromatic nitrogens is 1. The molecule has 2 aliphatic carbocycles. The molecular formula is C21H23ClFN5. The molecule has 1 aromatic heterocycles. The molecule has 0 bridgehead atoms. The number of hydrogen-bond donors (Lipinski definition) is 1. The van der Waals surface area contributed by atoms with Gasteiger partial charge in [-0.3, -0.25) is 0 Å². The van der Waals surface area contributed by atoms with Crippen LogP contribution in [0.5, 0.6) is 0 Å². The van der Waals surface area contributed by atoms with E-state index in [9.17, 15) is 4.39 Å². The normalized spacial score (nSPS) is 26.9. The van der Waals surface area contributed by atoms with Gasteiger partial charge in [-0.05, 0) is 62.2 Å². The van der Waals surface area contributed by atoms with Crippen LogP contribution in [0.1, 0.15) is 50.0 Å². The standard InChI is InChI=1S/C21H23ClFN5/c22-16-6-3-15-12-27-13-26-28(20(27)11-25-19(15)10-16)17-7-4-14(5-8-17)18-2-1-9-24-21(18)23/h1-2,9-11,13-14,17,25H,3-8,12H2/t14-,17-. The summed E-state index contributed by atoms with van der Waals surface area (Å²) in [6.07, 6.45) is 13.3. The van der Waals surface area contributed by atoms with Crippen LogP contribution in [0, 0.1) is 5.95 Å². The highest BCUT2D eigenvalue weighted by molar-refractivity contribution is 6.29. The SMILES string of the molecule is Fc1ncccc1[C@H]1CC[C@H](N2N=CN3CC4=C(C=C(Cl)CC4)NC=C32)CC1. The fourth-order valence-electron chi connectivity index (χ4n) is 4.65. The van der Waals surface area contributed by atoms with E-state index in [-0.39, 0.29) is 11.9 Å². The molecular weight excluding hydrogens is 377 g/mol. The summed E-state index contributed by atoms with van der Waals surface area (Å²) >= 11 is 6.22. The zero-order chi connectivity index (χ0) is 19.1. The van der Waals surface area contributed by atoms with Crippen LogP contribution in [-0.4, -0.2) is 33.8 Å². The van der Waals surface area contributed by atoms with Gasteiger partial charge >= 0.3 is 0 Å². The molecule has 146 valence electrons. The van der Waals surface area contributed by atoms with Gasteiger partial charge in [0.2, 0.25) is 5.95 Å². The summed E-state index contributed by atoms with van der Waals surface area (Å²) in [5.41, 5.74) is 3.23. The number of halogens is 2. The van der Waals surface area contributed by atoms with E-state index in [2.05, 4.69) is 25.3 Å². The molecule has 1 aromatic rings. The van der Waals surface area contributed by atoms with Gasteiger partial charge in [0.05, 0.1) is 6.04 Å². The molecule has 4 aliphatic rings. The van der Waals surface area contributed by atoms with E-state index >= 15 is 0 Å². The first-order valence-electron chi connectivity index (χ1n) is 9.94. The molecule has 0 amide bonds. The van der Waals surface area contributed by atoms with Crippen LogP contribution < -0.4 is 5.32 Å². The zero-order valence-electron chi connectivity index (χ0n) is 15.6. The number of rotatable bonds is 2. The largest absolute Gasteiger partial charge is 0.358 e. The lowest BCUT2D eigenvalue weighted by Gasteiger charge is -2.34. The molecule has 0 unspecified atom stereocenters. The Morgan fingerprint density at radius 3 is 2.86 bits per heavy atom. The highest BCUT2D eigenvalue weighted by atomic mass is 35.5. The van der Waals surface area contributed by atoms with Crippen molar-refractivity contribution in [2.45, 2.75) is 50.5 Å². The van der Waals surface area contributed by atoms with Crippen molar-refractivity contribution < 1.29 is 4.39 Å². The van der Waals surface area contributed by atoms with Crippen LogP contribution in [0.3, 0.4) is 0 Å². The van der Waals surface area contributed by atoms with Gasteiger partial charge in [0.25, 0.3) is 0 Å². The number of pyridine rings is 1. The van der Waals surface area contributed by atoms with Crippen LogP contribution in [-0.2, 0) is 0 Å².